The van der Waals surface area contributed by atoms with Gasteiger partial charge in [0.2, 0.25) is 5.78 Å². The van der Waals surface area contributed by atoms with E-state index in [-0.39, 0.29) is 0 Å². The molecule has 0 N–H and O–H groups in total. The molecule has 1 amide bonds. The van der Waals surface area contributed by atoms with Crippen LogP contribution in [0.15, 0.2) is 54.9 Å². The molecule has 3 rings (SSSR count). The van der Waals surface area contributed by atoms with E-state index in [9.17, 15) is 14.4 Å². The van der Waals surface area contributed by atoms with E-state index >= 15 is 0 Å². The summed E-state index contributed by atoms with van der Waals surface area (Å²) in [5.74, 6) is -1.53. The van der Waals surface area contributed by atoms with Gasteiger partial charge in [-0.25, -0.2) is 4.79 Å². The van der Waals surface area contributed by atoms with Gasteiger partial charge in [0, 0.05) is 37.2 Å². The second kappa shape index (κ2) is 9.86. The van der Waals surface area contributed by atoms with Gasteiger partial charge in [0.05, 0.1) is 0 Å². The Hall–Kier alpha value is -3.02. The van der Waals surface area contributed by atoms with Gasteiger partial charge in [-0.05, 0) is 30.0 Å². The van der Waals surface area contributed by atoms with Crippen LogP contribution in [0.2, 0.25) is 0 Å². The van der Waals surface area contributed by atoms with Gasteiger partial charge < -0.3 is 9.64 Å². The van der Waals surface area contributed by atoms with Crippen molar-refractivity contribution < 1.29 is 19.1 Å². The molecule has 2 heterocycles. The zero-order chi connectivity index (χ0) is 22.4. The SMILES string of the molecule is CC(C)(C)C(=O)C(=O)N1CCC[C@H]1C(=O)OC(Cc1ccccc1)Cc1cccnc1. The van der Waals surface area contributed by atoms with Crippen molar-refractivity contribution in [3.05, 3.63) is 66.0 Å². The standard InChI is InChI=1S/C25H30N2O4/c1-25(2,3)22(28)23(29)27-14-8-12-21(27)24(30)31-20(15-18-9-5-4-6-10-18)16-19-11-7-13-26-17-19/h4-7,9-11,13,17,20-21H,8,12,14-16H2,1-3H3/t20?,21-/m0/s1. The van der Waals surface area contributed by atoms with Crippen LogP contribution < -0.4 is 0 Å². The number of Topliss-reactive ketones (excluding diaryl/α,β-unsaturated/α-hetero) is 1. The van der Waals surface area contributed by atoms with E-state index in [1.54, 1.807) is 33.2 Å². The number of pyridine rings is 1. The Kier molecular flexibility index (Phi) is 7.21. The fourth-order valence-electron chi connectivity index (χ4n) is 3.76. The number of nitrogens with zero attached hydrogens (tertiary/aromatic N) is 2. The average Bonchev–Trinajstić information content (AvgIpc) is 3.23. The predicted molar refractivity (Wildman–Crippen MR) is 117 cm³/mol. The number of amides is 1. The molecule has 1 aromatic carbocycles. The molecule has 31 heavy (non-hydrogen) atoms. The molecule has 164 valence electrons. The smallest absolute Gasteiger partial charge is 0.329 e. The van der Waals surface area contributed by atoms with E-state index in [4.69, 9.17) is 4.74 Å². The molecule has 1 fully saturated rings. The summed E-state index contributed by atoms with van der Waals surface area (Å²) in [4.78, 5) is 43.8. The number of rotatable bonds is 7. The first kappa shape index (κ1) is 22.7. The third kappa shape index (κ3) is 6.00. The molecule has 0 bridgehead atoms. The van der Waals surface area contributed by atoms with Crippen LogP contribution in [-0.2, 0) is 32.0 Å². The van der Waals surface area contributed by atoms with E-state index in [2.05, 4.69) is 4.98 Å². The highest BCUT2D eigenvalue weighted by Gasteiger charge is 2.41. The van der Waals surface area contributed by atoms with Gasteiger partial charge in [0.15, 0.2) is 0 Å². The largest absolute Gasteiger partial charge is 0.460 e. The minimum absolute atomic E-state index is 0.394. The number of carbonyl (C=O) groups is 3. The van der Waals surface area contributed by atoms with Crippen LogP contribution in [0.25, 0.3) is 0 Å². The van der Waals surface area contributed by atoms with Crippen molar-refractivity contribution in [2.45, 2.75) is 58.6 Å². The minimum Gasteiger partial charge on any atom is -0.460 e. The first-order chi connectivity index (χ1) is 14.8. The van der Waals surface area contributed by atoms with Gasteiger partial charge >= 0.3 is 5.97 Å². The summed E-state index contributed by atoms with van der Waals surface area (Å²) in [7, 11) is 0. The molecule has 1 aliphatic heterocycles. The average molecular weight is 423 g/mol. The Labute approximate surface area is 183 Å². The number of hydrogen-bond acceptors (Lipinski definition) is 5. The maximum Gasteiger partial charge on any atom is 0.329 e. The first-order valence-corrected chi connectivity index (χ1v) is 10.7. The van der Waals surface area contributed by atoms with Crippen LogP contribution in [0, 0.1) is 5.41 Å². The Morgan fingerprint density at radius 1 is 1.06 bits per heavy atom. The van der Waals surface area contributed by atoms with Crippen LogP contribution in [0.5, 0.6) is 0 Å². The van der Waals surface area contributed by atoms with Gasteiger partial charge in [-0.3, -0.25) is 14.6 Å². The molecule has 2 atom stereocenters. The van der Waals surface area contributed by atoms with Crippen LogP contribution in [-0.4, -0.2) is 46.2 Å². The number of benzene rings is 1. The van der Waals surface area contributed by atoms with Crippen molar-refractivity contribution in [1.82, 2.24) is 9.88 Å². The van der Waals surface area contributed by atoms with E-state index in [0.29, 0.717) is 32.2 Å². The van der Waals surface area contributed by atoms with E-state index in [0.717, 1.165) is 11.1 Å². The Balaban J connectivity index is 1.74. The monoisotopic (exact) mass is 422 g/mol. The molecule has 2 aromatic rings. The normalized spacial score (nSPS) is 17.3. The van der Waals surface area contributed by atoms with Crippen LogP contribution in [0.1, 0.15) is 44.7 Å². The summed E-state index contributed by atoms with van der Waals surface area (Å²) in [6, 6.07) is 12.9. The van der Waals surface area contributed by atoms with Gasteiger partial charge in [-0.15, -0.1) is 0 Å². The van der Waals surface area contributed by atoms with Crippen LogP contribution in [0.4, 0.5) is 0 Å². The number of ether oxygens (including phenoxy) is 1. The lowest BCUT2D eigenvalue weighted by Gasteiger charge is -2.27. The van der Waals surface area contributed by atoms with E-state index in [1.807, 2.05) is 42.5 Å². The lowest BCUT2D eigenvalue weighted by Crippen LogP contribution is -2.48. The zero-order valence-electron chi connectivity index (χ0n) is 18.4. The molecule has 1 aromatic heterocycles. The summed E-state index contributed by atoms with van der Waals surface area (Å²) in [5, 5.41) is 0. The van der Waals surface area contributed by atoms with Crippen molar-refractivity contribution in [3.8, 4) is 0 Å². The molecule has 0 saturated carbocycles. The van der Waals surface area contributed by atoms with Gasteiger partial charge in [-0.1, -0.05) is 57.2 Å². The lowest BCUT2D eigenvalue weighted by molar-refractivity contribution is -0.160. The topological polar surface area (TPSA) is 76.6 Å². The quantitative estimate of drug-likeness (QED) is 0.505. The highest BCUT2D eigenvalue weighted by atomic mass is 16.5. The Bertz CT molecular complexity index is 865. The molecule has 1 aliphatic rings. The van der Waals surface area contributed by atoms with Crippen molar-refractivity contribution >= 4 is 17.7 Å². The fraction of sp³-hybridized carbons (Fsp3) is 0.440. The molecular formula is C25H30N2O4. The Morgan fingerprint density at radius 3 is 2.39 bits per heavy atom. The van der Waals surface area contributed by atoms with Crippen molar-refractivity contribution in [1.29, 1.82) is 0 Å². The number of hydrogen-bond donors (Lipinski definition) is 0. The second-order valence-corrected chi connectivity index (χ2v) is 9.05. The summed E-state index contributed by atoms with van der Waals surface area (Å²) in [6.07, 6.45) is 5.34. The number of aromatic nitrogens is 1. The van der Waals surface area contributed by atoms with Crippen molar-refractivity contribution in [2.24, 2.45) is 5.41 Å². The van der Waals surface area contributed by atoms with E-state index in [1.165, 1.54) is 4.90 Å². The zero-order valence-corrected chi connectivity index (χ0v) is 18.4. The van der Waals surface area contributed by atoms with Crippen LogP contribution in [0.3, 0.4) is 0 Å². The molecule has 0 aliphatic carbocycles. The highest BCUT2D eigenvalue weighted by molar-refractivity contribution is 6.38. The highest BCUT2D eigenvalue weighted by Crippen LogP contribution is 2.24. The minimum atomic E-state index is -0.787. The van der Waals surface area contributed by atoms with Gasteiger partial charge in [0.1, 0.15) is 12.1 Å². The number of ketones is 1. The Morgan fingerprint density at radius 2 is 1.74 bits per heavy atom. The number of esters is 1. The summed E-state index contributed by atoms with van der Waals surface area (Å²) in [6.45, 7) is 5.52. The maximum atomic E-state index is 13.1. The summed E-state index contributed by atoms with van der Waals surface area (Å²) >= 11 is 0. The van der Waals surface area contributed by atoms with Crippen molar-refractivity contribution in [2.75, 3.05) is 6.54 Å². The van der Waals surface area contributed by atoms with Gasteiger partial charge in [-0.2, -0.15) is 0 Å². The summed E-state index contributed by atoms with van der Waals surface area (Å²) < 4.78 is 5.92. The first-order valence-electron chi connectivity index (χ1n) is 10.7. The molecule has 6 heteroatoms. The second-order valence-electron chi connectivity index (χ2n) is 9.05. The number of likely N-dealkylation sites (tertiary alicyclic amines) is 1. The molecule has 0 radical (unpaired) electrons. The molecule has 0 spiro atoms. The third-order valence-corrected chi connectivity index (χ3v) is 5.44. The van der Waals surface area contributed by atoms with Crippen LogP contribution >= 0.6 is 0 Å². The fourth-order valence-corrected chi connectivity index (χ4v) is 3.76. The molecular weight excluding hydrogens is 392 g/mol. The summed E-state index contributed by atoms with van der Waals surface area (Å²) in [5.41, 5.74) is 1.24. The molecule has 1 unspecified atom stereocenters. The molecule has 6 nitrogen and oxygen atoms in total. The van der Waals surface area contributed by atoms with E-state index < -0.39 is 35.2 Å². The molecule has 1 saturated heterocycles. The predicted octanol–water partition coefficient (Wildman–Crippen LogP) is 3.38. The maximum absolute atomic E-state index is 13.1. The third-order valence-electron chi connectivity index (χ3n) is 5.44. The van der Waals surface area contributed by atoms with Crippen molar-refractivity contribution in [3.63, 3.8) is 0 Å². The lowest BCUT2D eigenvalue weighted by atomic mass is 9.90. The number of carbonyl (C=O) groups excluding carboxylic acids is 3. The van der Waals surface area contributed by atoms with Gasteiger partial charge in [0.25, 0.3) is 5.91 Å².